The second kappa shape index (κ2) is 8.67. The number of hydrogen-bond donors (Lipinski definition) is 4. The molecular formula is C18H18ClF2N5O4. The van der Waals surface area contributed by atoms with Crippen LogP contribution in [0.4, 0.5) is 8.78 Å². The Kier molecular flexibility index (Phi) is 6.22. The maximum absolute atomic E-state index is 14.0. The topological polar surface area (TPSA) is 116 Å². The quantitative estimate of drug-likeness (QED) is 0.488. The fourth-order valence-electron chi connectivity index (χ4n) is 2.90. The molecule has 1 aliphatic heterocycles. The van der Waals surface area contributed by atoms with E-state index < -0.39 is 52.3 Å². The Balaban J connectivity index is 1.86. The molecule has 0 fully saturated rings. The normalized spacial score (nSPS) is 13.1. The van der Waals surface area contributed by atoms with Gasteiger partial charge < -0.3 is 26.1 Å². The number of carbonyl (C=O) groups excluding carboxylic acids is 2. The maximum Gasteiger partial charge on any atom is 0.277 e. The highest BCUT2D eigenvalue weighted by Crippen LogP contribution is 2.21. The number of pyridine rings is 1. The van der Waals surface area contributed by atoms with E-state index in [2.05, 4.69) is 16.1 Å². The third kappa shape index (κ3) is 3.94. The number of aromatic nitrogens is 1. The van der Waals surface area contributed by atoms with E-state index in [1.165, 1.54) is 4.90 Å². The molecule has 0 aliphatic carbocycles. The van der Waals surface area contributed by atoms with E-state index in [1.54, 1.807) is 7.05 Å². The van der Waals surface area contributed by atoms with Crippen LogP contribution in [-0.4, -0.2) is 53.3 Å². The minimum atomic E-state index is -1.09. The Hall–Kier alpha value is -3.18. The zero-order valence-corrected chi connectivity index (χ0v) is 16.5. The lowest BCUT2D eigenvalue weighted by Gasteiger charge is -2.31. The van der Waals surface area contributed by atoms with Crippen LogP contribution in [0.3, 0.4) is 0 Å². The zero-order valence-electron chi connectivity index (χ0n) is 15.8. The van der Waals surface area contributed by atoms with Crippen LogP contribution >= 0.6 is 11.6 Å². The molecular weight excluding hydrogens is 424 g/mol. The number of rotatable bonds is 6. The van der Waals surface area contributed by atoms with Crippen LogP contribution in [0.25, 0.3) is 0 Å². The first-order valence-electron chi connectivity index (χ1n) is 8.83. The number of halogens is 3. The number of hydrogen-bond acceptors (Lipinski definition) is 6. The van der Waals surface area contributed by atoms with Crippen molar-refractivity contribution in [1.29, 1.82) is 0 Å². The third-order valence-corrected chi connectivity index (χ3v) is 4.84. The number of likely N-dealkylation sites (N-methyl/N-ethyl adjacent to an activating group) is 1. The van der Waals surface area contributed by atoms with Gasteiger partial charge in [0.05, 0.1) is 5.02 Å². The van der Waals surface area contributed by atoms with Crippen LogP contribution in [0.2, 0.25) is 5.02 Å². The van der Waals surface area contributed by atoms with Gasteiger partial charge >= 0.3 is 0 Å². The molecule has 0 spiro atoms. The summed E-state index contributed by atoms with van der Waals surface area (Å²) in [5.41, 5.74) is 0.401. The highest BCUT2D eigenvalue weighted by Gasteiger charge is 2.30. The van der Waals surface area contributed by atoms with Gasteiger partial charge in [-0.3, -0.25) is 19.1 Å². The van der Waals surface area contributed by atoms with Crippen molar-refractivity contribution in [3.05, 3.63) is 62.0 Å². The fourth-order valence-corrected chi connectivity index (χ4v) is 3.07. The van der Waals surface area contributed by atoms with Crippen LogP contribution in [0, 0.1) is 11.6 Å². The Labute approximate surface area is 174 Å². The first-order valence-corrected chi connectivity index (χ1v) is 9.21. The third-order valence-electron chi connectivity index (χ3n) is 4.55. The molecule has 0 saturated carbocycles. The van der Waals surface area contributed by atoms with Crippen LogP contribution < -0.4 is 21.5 Å². The van der Waals surface area contributed by atoms with Gasteiger partial charge in [-0.05, 0) is 19.2 Å². The van der Waals surface area contributed by atoms with Crippen LogP contribution in [-0.2, 0) is 6.54 Å². The predicted molar refractivity (Wildman–Crippen MR) is 104 cm³/mol. The summed E-state index contributed by atoms with van der Waals surface area (Å²) in [6.07, 6.45) is 1.05. The van der Waals surface area contributed by atoms with Crippen molar-refractivity contribution in [3.8, 4) is 5.75 Å². The largest absolute Gasteiger partial charge is 0.502 e. The SMILES string of the molecule is CNCCN1CNn2cc(C(=O)NCc3c(F)ccc(Cl)c3F)c(=O)c(O)c2C1=O. The lowest BCUT2D eigenvalue weighted by Crippen LogP contribution is -2.48. The lowest BCUT2D eigenvalue weighted by atomic mass is 10.1. The molecule has 0 atom stereocenters. The summed E-state index contributed by atoms with van der Waals surface area (Å²) in [7, 11) is 1.71. The molecule has 0 radical (unpaired) electrons. The number of nitrogens with zero attached hydrogens (tertiary/aromatic N) is 2. The average molecular weight is 442 g/mol. The molecule has 2 heterocycles. The monoisotopic (exact) mass is 441 g/mol. The molecule has 0 unspecified atom stereocenters. The van der Waals surface area contributed by atoms with E-state index in [4.69, 9.17) is 11.6 Å². The van der Waals surface area contributed by atoms with E-state index in [9.17, 15) is 28.3 Å². The molecule has 0 saturated heterocycles. The summed E-state index contributed by atoms with van der Waals surface area (Å²) in [6.45, 7) is 0.323. The Morgan fingerprint density at radius 2 is 2.07 bits per heavy atom. The minimum Gasteiger partial charge on any atom is -0.502 e. The molecule has 1 aromatic carbocycles. The van der Waals surface area contributed by atoms with Crippen LogP contribution in [0.1, 0.15) is 26.4 Å². The van der Waals surface area contributed by atoms with Gasteiger partial charge in [-0.15, -0.1) is 0 Å². The molecule has 1 aliphatic rings. The Morgan fingerprint density at radius 1 is 1.33 bits per heavy atom. The van der Waals surface area contributed by atoms with Gasteiger partial charge in [-0.2, -0.15) is 0 Å². The highest BCUT2D eigenvalue weighted by molar-refractivity contribution is 6.30. The standard InChI is InChI=1S/C18H18ClF2N5O4/c1-22-4-5-25-8-24-26-7-10(15(27)16(28)14(26)18(25)30)17(29)23-6-9-12(20)3-2-11(19)13(9)21/h2-3,7,22,24,28H,4-6,8H2,1H3,(H,23,29). The minimum absolute atomic E-state index is 0.0792. The second-order valence-electron chi connectivity index (χ2n) is 6.43. The number of nitrogens with one attached hydrogen (secondary N) is 3. The van der Waals surface area contributed by atoms with Crippen molar-refractivity contribution in [2.75, 3.05) is 32.2 Å². The molecule has 2 amide bonds. The van der Waals surface area contributed by atoms with Crippen molar-refractivity contribution < 1.29 is 23.5 Å². The summed E-state index contributed by atoms with van der Waals surface area (Å²) in [5, 5.41) is 15.0. The first-order chi connectivity index (χ1) is 14.3. The summed E-state index contributed by atoms with van der Waals surface area (Å²) in [6, 6.07) is 1.98. The van der Waals surface area contributed by atoms with Crippen molar-refractivity contribution in [2.45, 2.75) is 6.54 Å². The molecule has 2 aromatic rings. The molecule has 12 heteroatoms. The Bertz CT molecular complexity index is 1080. The molecule has 3 rings (SSSR count). The smallest absolute Gasteiger partial charge is 0.277 e. The summed E-state index contributed by atoms with van der Waals surface area (Å²) < 4.78 is 28.8. The van der Waals surface area contributed by atoms with E-state index in [0.29, 0.717) is 13.1 Å². The van der Waals surface area contributed by atoms with Gasteiger partial charge in [0, 0.05) is 31.4 Å². The van der Waals surface area contributed by atoms with Gasteiger partial charge in [0.25, 0.3) is 11.8 Å². The van der Waals surface area contributed by atoms with E-state index >= 15 is 0 Å². The van der Waals surface area contributed by atoms with Gasteiger partial charge in [0.1, 0.15) is 23.9 Å². The molecule has 30 heavy (non-hydrogen) atoms. The van der Waals surface area contributed by atoms with Crippen molar-refractivity contribution in [1.82, 2.24) is 20.2 Å². The van der Waals surface area contributed by atoms with Gasteiger partial charge in [-0.25, -0.2) is 8.78 Å². The Morgan fingerprint density at radius 3 is 2.77 bits per heavy atom. The van der Waals surface area contributed by atoms with Crippen molar-refractivity contribution in [3.63, 3.8) is 0 Å². The second-order valence-corrected chi connectivity index (χ2v) is 6.84. The number of benzene rings is 1. The summed E-state index contributed by atoms with van der Waals surface area (Å²) in [5.74, 6) is -4.44. The number of amides is 2. The number of carbonyl (C=O) groups is 2. The van der Waals surface area contributed by atoms with Crippen LogP contribution in [0.5, 0.6) is 5.75 Å². The fraction of sp³-hybridized carbons (Fsp3) is 0.278. The molecule has 4 N–H and O–H groups in total. The molecule has 1 aromatic heterocycles. The van der Waals surface area contributed by atoms with Crippen molar-refractivity contribution >= 4 is 23.4 Å². The molecule has 160 valence electrons. The number of aromatic hydroxyl groups is 1. The average Bonchev–Trinajstić information content (AvgIpc) is 2.72. The first kappa shape index (κ1) is 21.5. The molecule has 9 nitrogen and oxygen atoms in total. The number of fused-ring (bicyclic) bond motifs is 1. The van der Waals surface area contributed by atoms with Gasteiger partial charge in [0.2, 0.25) is 5.43 Å². The van der Waals surface area contributed by atoms with Crippen LogP contribution in [0.15, 0.2) is 23.1 Å². The lowest BCUT2D eigenvalue weighted by molar-refractivity contribution is 0.0723. The summed E-state index contributed by atoms with van der Waals surface area (Å²) in [4.78, 5) is 38.8. The van der Waals surface area contributed by atoms with Gasteiger partial charge in [0.15, 0.2) is 11.4 Å². The highest BCUT2D eigenvalue weighted by atomic mass is 35.5. The van der Waals surface area contributed by atoms with E-state index in [0.717, 1.165) is 23.0 Å². The summed E-state index contributed by atoms with van der Waals surface area (Å²) >= 11 is 5.61. The zero-order chi connectivity index (χ0) is 22.0. The van der Waals surface area contributed by atoms with Crippen molar-refractivity contribution in [2.24, 2.45) is 0 Å². The molecule has 0 bridgehead atoms. The maximum atomic E-state index is 14.0. The predicted octanol–water partition coefficient (Wildman–Crippen LogP) is 0.592. The van der Waals surface area contributed by atoms with E-state index in [-0.39, 0.29) is 17.4 Å². The van der Waals surface area contributed by atoms with E-state index in [1.807, 2.05) is 0 Å². The van der Waals surface area contributed by atoms with Gasteiger partial charge in [-0.1, -0.05) is 11.6 Å².